The first-order valence-electron chi connectivity index (χ1n) is 10.0. The highest BCUT2D eigenvalue weighted by atomic mass is 16.5. The summed E-state index contributed by atoms with van der Waals surface area (Å²) in [5, 5.41) is 3.22. The van der Waals surface area contributed by atoms with Crippen LogP contribution in [0, 0.1) is 0 Å². The highest BCUT2D eigenvalue weighted by molar-refractivity contribution is 5.76. The van der Waals surface area contributed by atoms with Crippen molar-refractivity contribution in [3.05, 3.63) is 59.7 Å². The number of aryl methyl sites for hydroxylation is 1. The van der Waals surface area contributed by atoms with Crippen LogP contribution in [-0.2, 0) is 16.0 Å². The van der Waals surface area contributed by atoms with E-state index in [9.17, 15) is 4.79 Å². The fourth-order valence-corrected chi connectivity index (χ4v) is 3.52. The SMILES string of the molecule is COc1ccc(CCC(=O)NC(CN2CCOCC2)c2ccccc2)cc1OC. The number of benzene rings is 2. The van der Waals surface area contributed by atoms with E-state index in [0.29, 0.717) is 24.3 Å². The van der Waals surface area contributed by atoms with Crippen molar-refractivity contribution in [2.45, 2.75) is 18.9 Å². The third-order valence-electron chi connectivity index (χ3n) is 5.17. The zero-order chi connectivity index (χ0) is 20.5. The van der Waals surface area contributed by atoms with Crippen LogP contribution in [0.3, 0.4) is 0 Å². The number of hydrogen-bond acceptors (Lipinski definition) is 5. The van der Waals surface area contributed by atoms with E-state index in [-0.39, 0.29) is 11.9 Å². The Kier molecular flexibility index (Phi) is 7.90. The molecule has 2 aromatic rings. The van der Waals surface area contributed by atoms with Crippen LogP contribution < -0.4 is 14.8 Å². The number of ether oxygens (including phenoxy) is 3. The summed E-state index contributed by atoms with van der Waals surface area (Å²) < 4.78 is 16.1. The molecular formula is C23H30N2O4. The van der Waals surface area contributed by atoms with Crippen molar-refractivity contribution >= 4 is 5.91 Å². The van der Waals surface area contributed by atoms with Gasteiger partial charge < -0.3 is 19.5 Å². The molecule has 1 atom stereocenters. The quantitative estimate of drug-likeness (QED) is 0.704. The molecular weight excluding hydrogens is 368 g/mol. The number of nitrogens with zero attached hydrogens (tertiary/aromatic N) is 1. The van der Waals surface area contributed by atoms with Crippen LogP contribution in [0.2, 0.25) is 0 Å². The zero-order valence-electron chi connectivity index (χ0n) is 17.2. The number of carbonyl (C=O) groups excluding carboxylic acids is 1. The second kappa shape index (κ2) is 10.8. The monoisotopic (exact) mass is 398 g/mol. The first-order chi connectivity index (χ1) is 14.2. The van der Waals surface area contributed by atoms with E-state index < -0.39 is 0 Å². The van der Waals surface area contributed by atoms with Crippen LogP contribution in [0.25, 0.3) is 0 Å². The molecule has 0 aromatic heterocycles. The van der Waals surface area contributed by atoms with Gasteiger partial charge in [0, 0.05) is 26.1 Å². The van der Waals surface area contributed by atoms with Gasteiger partial charge in [-0.25, -0.2) is 0 Å². The summed E-state index contributed by atoms with van der Waals surface area (Å²) in [5.41, 5.74) is 2.17. The number of amides is 1. The van der Waals surface area contributed by atoms with Gasteiger partial charge in [0.2, 0.25) is 5.91 Å². The predicted molar refractivity (Wildman–Crippen MR) is 112 cm³/mol. The maximum absolute atomic E-state index is 12.7. The van der Waals surface area contributed by atoms with E-state index in [1.54, 1.807) is 14.2 Å². The van der Waals surface area contributed by atoms with Crippen molar-refractivity contribution in [1.82, 2.24) is 10.2 Å². The number of rotatable bonds is 9. The molecule has 1 fully saturated rings. The molecule has 0 spiro atoms. The molecule has 6 heteroatoms. The van der Waals surface area contributed by atoms with Gasteiger partial charge in [-0.3, -0.25) is 9.69 Å². The summed E-state index contributed by atoms with van der Waals surface area (Å²) in [6.45, 7) is 4.06. The minimum Gasteiger partial charge on any atom is -0.493 e. The van der Waals surface area contributed by atoms with E-state index in [2.05, 4.69) is 22.3 Å². The number of morpholine rings is 1. The lowest BCUT2D eigenvalue weighted by molar-refractivity contribution is -0.122. The molecule has 29 heavy (non-hydrogen) atoms. The minimum absolute atomic E-state index is 0.0350. The van der Waals surface area contributed by atoms with E-state index >= 15 is 0 Å². The molecule has 1 amide bonds. The molecule has 6 nitrogen and oxygen atoms in total. The van der Waals surface area contributed by atoms with Gasteiger partial charge in [-0.1, -0.05) is 36.4 Å². The molecule has 2 aromatic carbocycles. The Labute approximate surface area is 172 Å². The third kappa shape index (κ3) is 6.21. The number of methoxy groups -OCH3 is 2. The molecule has 1 aliphatic rings. The molecule has 3 rings (SSSR count). The first-order valence-corrected chi connectivity index (χ1v) is 10.0. The first kappa shape index (κ1) is 21.1. The highest BCUT2D eigenvalue weighted by Crippen LogP contribution is 2.28. The number of hydrogen-bond donors (Lipinski definition) is 1. The van der Waals surface area contributed by atoms with Crippen LogP contribution in [0.4, 0.5) is 0 Å². The van der Waals surface area contributed by atoms with Gasteiger partial charge in [-0.15, -0.1) is 0 Å². The molecule has 0 radical (unpaired) electrons. The van der Waals surface area contributed by atoms with Crippen LogP contribution in [0.1, 0.15) is 23.6 Å². The average molecular weight is 399 g/mol. The lowest BCUT2D eigenvalue weighted by Gasteiger charge is -2.31. The maximum Gasteiger partial charge on any atom is 0.220 e. The van der Waals surface area contributed by atoms with Crippen LogP contribution >= 0.6 is 0 Å². The van der Waals surface area contributed by atoms with Crippen LogP contribution in [-0.4, -0.2) is 57.9 Å². The van der Waals surface area contributed by atoms with E-state index in [0.717, 1.165) is 44.0 Å². The standard InChI is InChI=1S/C23H30N2O4/c1-27-21-10-8-18(16-22(21)28-2)9-11-23(26)24-20(19-6-4-3-5-7-19)17-25-12-14-29-15-13-25/h3-8,10,16,20H,9,11-15,17H2,1-2H3,(H,24,26). The highest BCUT2D eigenvalue weighted by Gasteiger charge is 2.20. The summed E-state index contributed by atoms with van der Waals surface area (Å²) in [6.07, 6.45) is 1.06. The Morgan fingerprint density at radius 1 is 1.07 bits per heavy atom. The molecule has 1 saturated heterocycles. The van der Waals surface area contributed by atoms with Gasteiger partial charge >= 0.3 is 0 Å². The van der Waals surface area contributed by atoms with E-state index in [4.69, 9.17) is 14.2 Å². The van der Waals surface area contributed by atoms with Crippen molar-refractivity contribution in [1.29, 1.82) is 0 Å². The molecule has 1 N–H and O–H groups in total. The molecule has 0 bridgehead atoms. The molecule has 156 valence electrons. The van der Waals surface area contributed by atoms with Crippen molar-refractivity contribution in [3.63, 3.8) is 0 Å². The average Bonchev–Trinajstić information content (AvgIpc) is 2.78. The van der Waals surface area contributed by atoms with Gasteiger partial charge in [-0.05, 0) is 29.7 Å². The van der Waals surface area contributed by atoms with E-state index in [1.807, 2.05) is 36.4 Å². The molecule has 0 saturated carbocycles. The Balaban J connectivity index is 1.60. The lowest BCUT2D eigenvalue weighted by atomic mass is 10.0. The lowest BCUT2D eigenvalue weighted by Crippen LogP contribution is -2.43. The number of carbonyl (C=O) groups is 1. The Hall–Kier alpha value is -2.57. The van der Waals surface area contributed by atoms with E-state index in [1.165, 1.54) is 0 Å². The maximum atomic E-state index is 12.7. The Bertz CT molecular complexity index is 776. The Morgan fingerprint density at radius 2 is 1.79 bits per heavy atom. The second-order valence-electron chi connectivity index (χ2n) is 7.13. The van der Waals surface area contributed by atoms with Crippen molar-refractivity contribution in [2.75, 3.05) is 47.1 Å². The molecule has 0 aliphatic carbocycles. The van der Waals surface area contributed by atoms with Crippen LogP contribution in [0.15, 0.2) is 48.5 Å². The van der Waals surface area contributed by atoms with Gasteiger partial charge in [0.05, 0.1) is 33.5 Å². The fourth-order valence-electron chi connectivity index (χ4n) is 3.52. The smallest absolute Gasteiger partial charge is 0.220 e. The van der Waals surface area contributed by atoms with Gasteiger partial charge in [0.1, 0.15) is 0 Å². The molecule has 1 unspecified atom stereocenters. The molecule has 1 heterocycles. The second-order valence-corrected chi connectivity index (χ2v) is 7.13. The summed E-state index contributed by atoms with van der Waals surface area (Å²) in [6, 6.07) is 15.9. The predicted octanol–water partition coefficient (Wildman–Crippen LogP) is 2.83. The fraction of sp³-hybridized carbons (Fsp3) is 0.435. The Morgan fingerprint density at radius 3 is 2.48 bits per heavy atom. The van der Waals surface area contributed by atoms with Gasteiger partial charge in [0.25, 0.3) is 0 Å². The van der Waals surface area contributed by atoms with Crippen LogP contribution in [0.5, 0.6) is 11.5 Å². The van der Waals surface area contributed by atoms with Gasteiger partial charge in [-0.2, -0.15) is 0 Å². The summed E-state index contributed by atoms with van der Waals surface area (Å²) in [4.78, 5) is 15.1. The van der Waals surface area contributed by atoms with Crippen molar-refractivity contribution in [2.24, 2.45) is 0 Å². The minimum atomic E-state index is -0.0350. The largest absolute Gasteiger partial charge is 0.493 e. The summed E-state index contributed by atoms with van der Waals surface area (Å²) >= 11 is 0. The third-order valence-corrected chi connectivity index (χ3v) is 5.17. The molecule has 1 aliphatic heterocycles. The number of nitrogens with one attached hydrogen (secondary N) is 1. The topological polar surface area (TPSA) is 60.0 Å². The summed E-state index contributed by atoms with van der Waals surface area (Å²) in [7, 11) is 3.23. The van der Waals surface area contributed by atoms with Crippen molar-refractivity contribution in [3.8, 4) is 11.5 Å². The summed E-state index contributed by atoms with van der Waals surface area (Å²) in [5.74, 6) is 1.41. The van der Waals surface area contributed by atoms with Crippen molar-refractivity contribution < 1.29 is 19.0 Å². The zero-order valence-corrected chi connectivity index (χ0v) is 17.2. The van der Waals surface area contributed by atoms with Gasteiger partial charge in [0.15, 0.2) is 11.5 Å². The normalized spacial score (nSPS) is 15.5.